The molecule has 1 unspecified atom stereocenters. The average molecular weight is 503 g/mol. The van der Waals surface area contributed by atoms with Gasteiger partial charge in [-0.3, -0.25) is 19.3 Å². The van der Waals surface area contributed by atoms with Crippen molar-refractivity contribution in [2.45, 2.75) is 19.5 Å². The first-order chi connectivity index (χ1) is 17.3. The molecule has 0 bridgehead atoms. The van der Waals surface area contributed by atoms with E-state index in [0.29, 0.717) is 35.0 Å². The molecule has 0 radical (unpaired) electrons. The molecule has 1 aliphatic heterocycles. The number of para-hydroxylation sites is 1. The number of fused-ring (bicyclic) bond motifs is 1. The number of nitrogens with one attached hydrogen (secondary N) is 1. The van der Waals surface area contributed by atoms with Gasteiger partial charge < -0.3 is 10.2 Å². The van der Waals surface area contributed by atoms with E-state index in [1.54, 1.807) is 24.1 Å². The summed E-state index contributed by atoms with van der Waals surface area (Å²) in [5.41, 5.74) is 3.67. The summed E-state index contributed by atoms with van der Waals surface area (Å²) >= 11 is 6.07. The molecule has 0 aromatic heterocycles. The lowest BCUT2D eigenvalue weighted by Crippen LogP contribution is -2.50. The highest BCUT2D eigenvalue weighted by Crippen LogP contribution is 2.28. The number of nitrogens with zero attached hydrogens (tertiary/aromatic N) is 3. The molecule has 0 saturated heterocycles. The van der Waals surface area contributed by atoms with Crippen LogP contribution in [0, 0.1) is 0 Å². The van der Waals surface area contributed by atoms with Crippen molar-refractivity contribution in [3.63, 3.8) is 0 Å². The van der Waals surface area contributed by atoms with Gasteiger partial charge >= 0.3 is 0 Å². The molecule has 3 aromatic rings. The van der Waals surface area contributed by atoms with E-state index < -0.39 is 12.1 Å². The van der Waals surface area contributed by atoms with Gasteiger partial charge in [0.25, 0.3) is 5.91 Å². The largest absolute Gasteiger partial charge is 0.344 e. The third kappa shape index (κ3) is 5.80. The third-order valence-electron chi connectivity index (χ3n) is 5.94. The first-order valence-electron chi connectivity index (χ1n) is 11.6. The van der Waals surface area contributed by atoms with Gasteiger partial charge in [-0.15, -0.1) is 0 Å². The summed E-state index contributed by atoms with van der Waals surface area (Å²) in [5.74, 6) is -1.09. The second-order valence-corrected chi connectivity index (χ2v) is 9.02. The number of benzene rings is 3. The SMILES string of the molecule is CC(=O)NC1N=C(c2ccccc2)c2ccccc2N(CC(=O)N(C)CCc2cccc(Cl)c2)C1=O. The molecule has 3 aromatic carbocycles. The summed E-state index contributed by atoms with van der Waals surface area (Å²) in [4.78, 5) is 46.4. The highest BCUT2D eigenvalue weighted by atomic mass is 35.5. The lowest BCUT2D eigenvalue weighted by molar-refractivity contribution is -0.131. The van der Waals surface area contributed by atoms with Crippen LogP contribution in [0.2, 0.25) is 5.02 Å². The number of hydrogen-bond acceptors (Lipinski definition) is 4. The zero-order valence-electron chi connectivity index (χ0n) is 20.1. The van der Waals surface area contributed by atoms with Crippen molar-refractivity contribution >= 4 is 40.7 Å². The Morgan fingerprint density at radius 3 is 2.47 bits per heavy atom. The summed E-state index contributed by atoms with van der Waals surface area (Å²) in [6.45, 7) is 1.61. The molecular weight excluding hydrogens is 476 g/mol. The second kappa shape index (κ2) is 11.2. The fourth-order valence-electron chi connectivity index (χ4n) is 4.08. The summed E-state index contributed by atoms with van der Waals surface area (Å²) in [7, 11) is 1.71. The Balaban J connectivity index is 1.63. The van der Waals surface area contributed by atoms with E-state index in [9.17, 15) is 14.4 Å². The number of benzodiazepines with no additional fused rings is 1. The van der Waals surface area contributed by atoms with Gasteiger partial charge in [0.15, 0.2) is 0 Å². The number of rotatable bonds is 7. The minimum absolute atomic E-state index is 0.185. The van der Waals surface area contributed by atoms with Crippen LogP contribution in [-0.2, 0) is 20.8 Å². The number of halogens is 1. The average Bonchev–Trinajstić information content (AvgIpc) is 2.98. The van der Waals surface area contributed by atoms with Crippen molar-refractivity contribution in [3.05, 3.63) is 101 Å². The number of carbonyl (C=O) groups is 3. The Morgan fingerprint density at radius 1 is 1.03 bits per heavy atom. The highest BCUT2D eigenvalue weighted by molar-refractivity contribution is 6.30. The zero-order valence-corrected chi connectivity index (χ0v) is 20.9. The van der Waals surface area contributed by atoms with Crippen LogP contribution in [0.5, 0.6) is 0 Å². The van der Waals surface area contributed by atoms with Gasteiger partial charge in [-0.25, -0.2) is 4.99 Å². The van der Waals surface area contributed by atoms with Crippen LogP contribution >= 0.6 is 11.6 Å². The van der Waals surface area contributed by atoms with Crippen LogP contribution in [-0.4, -0.2) is 54.6 Å². The number of anilines is 1. The predicted octanol–water partition coefficient (Wildman–Crippen LogP) is 3.69. The molecule has 1 aliphatic rings. The van der Waals surface area contributed by atoms with Crippen molar-refractivity contribution in [3.8, 4) is 0 Å². The van der Waals surface area contributed by atoms with Gasteiger partial charge in [0.05, 0.1) is 11.4 Å². The number of aliphatic imine (C=N–C) groups is 1. The topological polar surface area (TPSA) is 82.1 Å². The Labute approximate surface area is 215 Å². The molecule has 184 valence electrons. The van der Waals surface area contributed by atoms with Gasteiger partial charge in [0.2, 0.25) is 18.0 Å². The fraction of sp³-hybridized carbons (Fsp3) is 0.214. The molecule has 0 saturated carbocycles. The number of carbonyl (C=O) groups excluding carboxylic acids is 3. The fourth-order valence-corrected chi connectivity index (χ4v) is 4.29. The van der Waals surface area contributed by atoms with E-state index >= 15 is 0 Å². The van der Waals surface area contributed by atoms with E-state index in [1.165, 1.54) is 11.8 Å². The second-order valence-electron chi connectivity index (χ2n) is 8.58. The highest BCUT2D eigenvalue weighted by Gasteiger charge is 2.34. The molecule has 0 aliphatic carbocycles. The monoisotopic (exact) mass is 502 g/mol. The number of likely N-dealkylation sites (N-methyl/N-ethyl adjacent to an activating group) is 1. The van der Waals surface area contributed by atoms with Gasteiger partial charge in [0, 0.05) is 36.7 Å². The van der Waals surface area contributed by atoms with Crippen molar-refractivity contribution in [1.29, 1.82) is 0 Å². The van der Waals surface area contributed by atoms with Crippen LogP contribution in [0.25, 0.3) is 0 Å². The zero-order chi connectivity index (χ0) is 25.7. The maximum atomic E-state index is 13.6. The first-order valence-corrected chi connectivity index (χ1v) is 12.0. The lowest BCUT2D eigenvalue weighted by Gasteiger charge is -2.27. The Kier molecular flexibility index (Phi) is 7.80. The lowest BCUT2D eigenvalue weighted by atomic mass is 10.0. The van der Waals surface area contributed by atoms with E-state index in [-0.39, 0.29) is 18.4 Å². The standard InChI is InChI=1S/C28H27ClN4O3/c1-19(34)30-27-28(36)33(18-25(35)32(2)16-15-20-9-8-12-22(29)17-20)24-14-7-6-13-23(24)26(31-27)21-10-4-3-5-11-21/h3-14,17,27H,15-16,18H2,1-2H3,(H,30,34). The van der Waals surface area contributed by atoms with Gasteiger partial charge in [-0.1, -0.05) is 72.3 Å². The Bertz CT molecular complexity index is 1310. The van der Waals surface area contributed by atoms with Crippen LogP contribution in [0.4, 0.5) is 5.69 Å². The molecule has 36 heavy (non-hydrogen) atoms. The molecular formula is C28H27ClN4O3. The van der Waals surface area contributed by atoms with Crippen LogP contribution in [0.15, 0.2) is 83.9 Å². The number of amides is 3. The maximum absolute atomic E-state index is 13.6. The summed E-state index contributed by atoms with van der Waals surface area (Å²) < 4.78 is 0. The number of hydrogen-bond donors (Lipinski definition) is 1. The van der Waals surface area contributed by atoms with Crippen molar-refractivity contribution < 1.29 is 14.4 Å². The smallest absolute Gasteiger partial charge is 0.272 e. The van der Waals surface area contributed by atoms with E-state index in [0.717, 1.165) is 11.1 Å². The summed E-state index contributed by atoms with van der Waals surface area (Å²) in [5, 5.41) is 3.28. The van der Waals surface area contributed by atoms with Gasteiger partial charge in [0.1, 0.15) is 6.54 Å². The van der Waals surface area contributed by atoms with Crippen LogP contribution in [0.1, 0.15) is 23.6 Å². The molecule has 0 spiro atoms. The molecule has 4 rings (SSSR count). The van der Waals surface area contributed by atoms with Gasteiger partial charge in [-0.2, -0.15) is 0 Å². The molecule has 3 amide bonds. The quantitative estimate of drug-likeness (QED) is 0.535. The maximum Gasteiger partial charge on any atom is 0.272 e. The predicted molar refractivity (Wildman–Crippen MR) is 141 cm³/mol. The molecule has 1 N–H and O–H groups in total. The van der Waals surface area contributed by atoms with E-state index in [4.69, 9.17) is 11.6 Å². The van der Waals surface area contributed by atoms with E-state index in [1.807, 2.05) is 66.7 Å². The van der Waals surface area contributed by atoms with Crippen LogP contribution < -0.4 is 10.2 Å². The third-order valence-corrected chi connectivity index (χ3v) is 6.17. The van der Waals surface area contributed by atoms with Crippen molar-refractivity contribution in [1.82, 2.24) is 10.2 Å². The molecule has 1 heterocycles. The minimum atomic E-state index is -1.16. The normalized spacial score (nSPS) is 15.0. The van der Waals surface area contributed by atoms with Crippen molar-refractivity contribution in [2.75, 3.05) is 25.0 Å². The van der Waals surface area contributed by atoms with Gasteiger partial charge in [-0.05, 0) is 30.2 Å². The molecule has 7 nitrogen and oxygen atoms in total. The first kappa shape index (κ1) is 25.1. The summed E-state index contributed by atoms with van der Waals surface area (Å²) in [6, 6.07) is 24.3. The van der Waals surface area contributed by atoms with Crippen molar-refractivity contribution in [2.24, 2.45) is 4.99 Å². The molecule has 1 atom stereocenters. The Morgan fingerprint density at radius 2 is 1.75 bits per heavy atom. The van der Waals surface area contributed by atoms with E-state index in [2.05, 4.69) is 10.3 Å². The minimum Gasteiger partial charge on any atom is -0.344 e. The Hall–Kier alpha value is -3.97. The summed E-state index contributed by atoms with van der Waals surface area (Å²) in [6.07, 6.45) is -0.530. The van der Waals surface area contributed by atoms with Crippen LogP contribution in [0.3, 0.4) is 0 Å². The molecule has 0 fully saturated rings. The molecule has 8 heteroatoms.